The van der Waals surface area contributed by atoms with Crippen LogP contribution in [0.25, 0.3) is 16.9 Å². The molecule has 3 rings (SSSR count). The molecule has 0 aliphatic carbocycles. The van der Waals surface area contributed by atoms with Gasteiger partial charge in [0.2, 0.25) is 0 Å². The molecule has 0 bridgehead atoms. The summed E-state index contributed by atoms with van der Waals surface area (Å²) in [7, 11) is 0. The highest BCUT2D eigenvalue weighted by molar-refractivity contribution is 5.74. The van der Waals surface area contributed by atoms with Crippen molar-refractivity contribution in [2.75, 3.05) is 5.73 Å². The number of nitrogens with zero attached hydrogens (tertiary/aromatic N) is 3. The van der Waals surface area contributed by atoms with E-state index >= 15 is 0 Å². The lowest BCUT2D eigenvalue weighted by atomic mass is 10.2. The molecular formula is C12H10N4. The summed E-state index contributed by atoms with van der Waals surface area (Å²) in [6, 6.07) is 9.68. The number of hydrogen-bond acceptors (Lipinski definition) is 3. The first kappa shape index (κ1) is 8.91. The van der Waals surface area contributed by atoms with Crippen molar-refractivity contribution in [3.8, 4) is 11.3 Å². The number of anilines is 1. The van der Waals surface area contributed by atoms with Crippen molar-refractivity contribution in [3.63, 3.8) is 0 Å². The van der Waals surface area contributed by atoms with E-state index in [1.54, 1.807) is 12.4 Å². The van der Waals surface area contributed by atoms with E-state index in [9.17, 15) is 0 Å². The van der Waals surface area contributed by atoms with Crippen molar-refractivity contribution in [1.29, 1.82) is 0 Å². The predicted molar refractivity (Wildman–Crippen MR) is 62.8 cm³/mol. The Balaban J connectivity index is 2.35. The van der Waals surface area contributed by atoms with Crippen molar-refractivity contribution in [1.82, 2.24) is 14.4 Å². The molecule has 0 unspecified atom stereocenters. The lowest BCUT2D eigenvalue weighted by Crippen LogP contribution is -1.91. The Kier molecular flexibility index (Phi) is 1.86. The number of imidazole rings is 1. The van der Waals surface area contributed by atoms with Gasteiger partial charge < -0.3 is 5.73 Å². The molecule has 16 heavy (non-hydrogen) atoms. The summed E-state index contributed by atoms with van der Waals surface area (Å²) in [6.07, 6.45) is 5.47. The van der Waals surface area contributed by atoms with E-state index in [-0.39, 0.29) is 0 Å². The average molecular weight is 210 g/mol. The zero-order valence-electron chi connectivity index (χ0n) is 8.54. The second-order valence-electron chi connectivity index (χ2n) is 3.52. The molecule has 3 aromatic heterocycles. The number of aromatic nitrogens is 3. The van der Waals surface area contributed by atoms with E-state index in [4.69, 9.17) is 5.73 Å². The minimum absolute atomic E-state index is 0.527. The quantitative estimate of drug-likeness (QED) is 0.668. The van der Waals surface area contributed by atoms with Crippen molar-refractivity contribution in [2.45, 2.75) is 0 Å². The van der Waals surface area contributed by atoms with Crippen LogP contribution in [-0.2, 0) is 0 Å². The first-order valence-corrected chi connectivity index (χ1v) is 4.99. The van der Waals surface area contributed by atoms with Gasteiger partial charge in [-0.3, -0.25) is 9.38 Å². The molecule has 0 fully saturated rings. The van der Waals surface area contributed by atoms with Gasteiger partial charge in [0, 0.05) is 24.2 Å². The second kappa shape index (κ2) is 3.34. The standard InChI is InChI=1S/C12H10N4/c13-12-11(9-4-3-6-14-8-9)16-7-2-1-5-10(16)15-12/h1-8H,13H2. The van der Waals surface area contributed by atoms with Crippen LogP contribution in [0.1, 0.15) is 0 Å². The Hall–Kier alpha value is -2.36. The SMILES string of the molecule is Nc1nc2ccccn2c1-c1cccnc1. The predicted octanol–water partition coefficient (Wildman–Crippen LogP) is 1.98. The summed E-state index contributed by atoms with van der Waals surface area (Å²) in [5, 5.41) is 0. The summed E-state index contributed by atoms with van der Waals surface area (Å²) >= 11 is 0. The molecule has 0 saturated carbocycles. The molecule has 0 spiro atoms. The summed E-state index contributed by atoms with van der Waals surface area (Å²) in [4.78, 5) is 8.39. The van der Waals surface area contributed by atoms with Gasteiger partial charge in [-0.1, -0.05) is 6.07 Å². The van der Waals surface area contributed by atoms with Crippen LogP contribution in [0.2, 0.25) is 0 Å². The lowest BCUT2D eigenvalue weighted by Gasteiger charge is -2.01. The molecule has 0 radical (unpaired) electrons. The number of nitrogens with two attached hydrogens (primary N) is 1. The molecule has 4 heteroatoms. The lowest BCUT2D eigenvalue weighted by molar-refractivity contribution is 1.18. The molecule has 3 aromatic rings. The number of rotatable bonds is 1. The number of pyridine rings is 2. The molecule has 3 heterocycles. The fourth-order valence-electron chi connectivity index (χ4n) is 1.80. The molecule has 4 nitrogen and oxygen atoms in total. The first-order chi connectivity index (χ1) is 7.86. The summed E-state index contributed by atoms with van der Waals surface area (Å²) < 4.78 is 1.96. The van der Waals surface area contributed by atoms with Crippen molar-refractivity contribution in [2.24, 2.45) is 0 Å². The first-order valence-electron chi connectivity index (χ1n) is 4.99. The number of nitrogen functional groups attached to an aromatic ring is 1. The van der Waals surface area contributed by atoms with Gasteiger partial charge in [-0.2, -0.15) is 0 Å². The maximum Gasteiger partial charge on any atom is 0.150 e. The second-order valence-corrected chi connectivity index (χ2v) is 3.52. The van der Waals surface area contributed by atoms with Crippen LogP contribution < -0.4 is 5.73 Å². The van der Waals surface area contributed by atoms with Gasteiger partial charge in [-0.25, -0.2) is 4.98 Å². The van der Waals surface area contributed by atoms with Gasteiger partial charge in [0.05, 0.1) is 5.69 Å². The van der Waals surface area contributed by atoms with Gasteiger partial charge in [-0.05, 0) is 24.3 Å². The topological polar surface area (TPSA) is 56.2 Å². The Morgan fingerprint density at radius 3 is 2.88 bits per heavy atom. The molecule has 0 atom stereocenters. The monoisotopic (exact) mass is 210 g/mol. The summed E-state index contributed by atoms with van der Waals surface area (Å²) in [5.41, 5.74) is 8.64. The Morgan fingerprint density at radius 1 is 1.12 bits per heavy atom. The van der Waals surface area contributed by atoms with Crippen LogP contribution in [0, 0.1) is 0 Å². The van der Waals surface area contributed by atoms with Crippen LogP contribution in [-0.4, -0.2) is 14.4 Å². The largest absolute Gasteiger partial charge is 0.382 e. The molecular weight excluding hydrogens is 200 g/mol. The third kappa shape index (κ3) is 1.24. The molecule has 0 aromatic carbocycles. The Labute approximate surface area is 92.4 Å². The fraction of sp³-hybridized carbons (Fsp3) is 0. The van der Waals surface area contributed by atoms with Gasteiger partial charge in [0.25, 0.3) is 0 Å². The normalized spacial score (nSPS) is 10.8. The fourth-order valence-corrected chi connectivity index (χ4v) is 1.80. The minimum atomic E-state index is 0.527. The average Bonchev–Trinajstić information content (AvgIpc) is 2.66. The summed E-state index contributed by atoms with van der Waals surface area (Å²) in [6.45, 7) is 0. The minimum Gasteiger partial charge on any atom is -0.382 e. The van der Waals surface area contributed by atoms with Crippen LogP contribution >= 0.6 is 0 Å². The zero-order valence-corrected chi connectivity index (χ0v) is 8.54. The molecule has 2 N–H and O–H groups in total. The van der Waals surface area contributed by atoms with Crippen molar-refractivity contribution < 1.29 is 0 Å². The van der Waals surface area contributed by atoms with Crippen LogP contribution in [0.3, 0.4) is 0 Å². The Morgan fingerprint density at radius 2 is 2.06 bits per heavy atom. The molecule has 0 amide bonds. The highest BCUT2D eigenvalue weighted by atomic mass is 15.1. The number of hydrogen-bond donors (Lipinski definition) is 1. The highest BCUT2D eigenvalue weighted by Crippen LogP contribution is 2.25. The third-order valence-corrected chi connectivity index (χ3v) is 2.49. The van der Waals surface area contributed by atoms with E-state index in [2.05, 4.69) is 9.97 Å². The number of fused-ring (bicyclic) bond motifs is 1. The van der Waals surface area contributed by atoms with E-state index in [1.807, 2.05) is 40.9 Å². The van der Waals surface area contributed by atoms with Gasteiger partial charge in [0.15, 0.2) is 5.82 Å². The van der Waals surface area contributed by atoms with E-state index in [1.165, 1.54) is 0 Å². The highest BCUT2D eigenvalue weighted by Gasteiger charge is 2.10. The molecule has 0 aliphatic rings. The molecule has 0 aliphatic heterocycles. The van der Waals surface area contributed by atoms with Crippen LogP contribution in [0.4, 0.5) is 5.82 Å². The molecule has 78 valence electrons. The van der Waals surface area contributed by atoms with E-state index in [0.29, 0.717) is 5.82 Å². The smallest absolute Gasteiger partial charge is 0.150 e. The van der Waals surface area contributed by atoms with E-state index in [0.717, 1.165) is 16.9 Å². The maximum atomic E-state index is 5.93. The maximum absolute atomic E-state index is 5.93. The van der Waals surface area contributed by atoms with Gasteiger partial charge >= 0.3 is 0 Å². The van der Waals surface area contributed by atoms with Crippen LogP contribution in [0.15, 0.2) is 48.9 Å². The van der Waals surface area contributed by atoms with E-state index < -0.39 is 0 Å². The van der Waals surface area contributed by atoms with Crippen molar-refractivity contribution in [3.05, 3.63) is 48.9 Å². The third-order valence-electron chi connectivity index (χ3n) is 2.49. The van der Waals surface area contributed by atoms with Gasteiger partial charge in [-0.15, -0.1) is 0 Å². The Bertz CT molecular complexity index is 628. The van der Waals surface area contributed by atoms with Crippen LogP contribution in [0.5, 0.6) is 0 Å². The zero-order chi connectivity index (χ0) is 11.0. The summed E-state index contributed by atoms with van der Waals surface area (Å²) in [5.74, 6) is 0.527. The molecule has 0 saturated heterocycles. The van der Waals surface area contributed by atoms with Crippen molar-refractivity contribution >= 4 is 11.5 Å². The van der Waals surface area contributed by atoms with Gasteiger partial charge in [0.1, 0.15) is 5.65 Å².